The molecule has 1 saturated heterocycles. The molecular formula is C62H107NO10. The van der Waals surface area contributed by atoms with Crippen molar-refractivity contribution in [1.82, 2.24) is 5.32 Å². The molecule has 11 nitrogen and oxygen atoms in total. The third kappa shape index (κ3) is 38.1. The zero-order valence-electron chi connectivity index (χ0n) is 46.2. The van der Waals surface area contributed by atoms with Gasteiger partial charge in [-0.15, -0.1) is 0 Å². The maximum absolute atomic E-state index is 13.4. The number of carbonyl (C=O) groups excluding carboxylic acids is 2. The van der Waals surface area contributed by atoms with Crippen LogP contribution < -0.4 is 5.32 Å². The Bertz CT molecular complexity index is 1510. The number of unbranched alkanes of at least 4 members (excludes halogenated alkanes) is 22. The van der Waals surface area contributed by atoms with E-state index in [0.29, 0.717) is 12.8 Å². The topological polar surface area (TPSA) is 175 Å². The molecule has 1 amide bonds. The summed E-state index contributed by atoms with van der Waals surface area (Å²) in [6, 6.07) is -1.04. The molecule has 0 aromatic heterocycles. The fraction of sp³-hybridized carbons (Fsp3) is 0.742. The van der Waals surface area contributed by atoms with Gasteiger partial charge in [-0.2, -0.15) is 0 Å². The van der Waals surface area contributed by atoms with Crippen LogP contribution in [-0.4, -0.2) is 99.6 Å². The summed E-state index contributed by atoms with van der Waals surface area (Å²) in [7, 11) is 0. The van der Waals surface area contributed by atoms with E-state index in [0.717, 1.165) is 109 Å². The van der Waals surface area contributed by atoms with Crippen molar-refractivity contribution in [1.29, 1.82) is 0 Å². The molecule has 0 aromatic carbocycles. The van der Waals surface area contributed by atoms with Gasteiger partial charge < -0.3 is 45.1 Å². The number of nitrogens with one attached hydrogen (secondary N) is 1. The quantitative estimate of drug-likeness (QED) is 0.0195. The average Bonchev–Trinajstić information content (AvgIpc) is 3.39. The number of carbonyl (C=O) groups is 2. The van der Waals surface area contributed by atoms with Crippen LogP contribution >= 0.6 is 0 Å². The number of aliphatic hydroxyl groups excluding tert-OH is 5. The van der Waals surface area contributed by atoms with Gasteiger partial charge in [0.25, 0.3) is 0 Å². The van der Waals surface area contributed by atoms with Gasteiger partial charge in [-0.3, -0.25) is 9.59 Å². The highest BCUT2D eigenvalue weighted by atomic mass is 16.7. The summed E-state index contributed by atoms with van der Waals surface area (Å²) in [5, 5.41) is 56.8. The van der Waals surface area contributed by atoms with Crippen LogP contribution in [0.4, 0.5) is 0 Å². The number of esters is 1. The van der Waals surface area contributed by atoms with Gasteiger partial charge >= 0.3 is 5.97 Å². The normalized spacial score (nSPS) is 20.0. The molecule has 1 heterocycles. The Morgan fingerprint density at radius 3 is 1.44 bits per heavy atom. The van der Waals surface area contributed by atoms with Gasteiger partial charge in [0.2, 0.25) is 5.91 Å². The van der Waals surface area contributed by atoms with Gasteiger partial charge in [0.05, 0.1) is 25.4 Å². The molecule has 1 aliphatic rings. The number of hydrogen-bond acceptors (Lipinski definition) is 10. The van der Waals surface area contributed by atoms with E-state index >= 15 is 0 Å². The van der Waals surface area contributed by atoms with E-state index in [9.17, 15) is 35.1 Å². The minimum absolute atomic E-state index is 0.0913. The molecule has 8 atom stereocenters. The van der Waals surface area contributed by atoms with Crippen molar-refractivity contribution in [3.63, 3.8) is 0 Å². The number of hydrogen-bond donors (Lipinski definition) is 6. The predicted octanol–water partition coefficient (Wildman–Crippen LogP) is 13.4. The van der Waals surface area contributed by atoms with E-state index in [-0.39, 0.29) is 19.4 Å². The molecule has 0 spiro atoms. The van der Waals surface area contributed by atoms with Crippen molar-refractivity contribution in [2.75, 3.05) is 13.2 Å². The Morgan fingerprint density at radius 1 is 0.534 bits per heavy atom. The first-order valence-corrected chi connectivity index (χ1v) is 29.4. The van der Waals surface area contributed by atoms with Crippen LogP contribution in [0.25, 0.3) is 0 Å². The van der Waals surface area contributed by atoms with Crippen LogP contribution in [0.2, 0.25) is 0 Å². The molecule has 0 radical (unpaired) electrons. The van der Waals surface area contributed by atoms with Crippen molar-refractivity contribution in [3.05, 3.63) is 85.1 Å². The third-order valence-corrected chi connectivity index (χ3v) is 13.3. The number of ether oxygens (including phenoxy) is 3. The Kier molecular flexibility index (Phi) is 46.2. The van der Waals surface area contributed by atoms with Gasteiger partial charge in [-0.25, -0.2) is 0 Å². The van der Waals surface area contributed by atoms with Crippen LogP contribution in [0.15, 0.2) is 85.1 Å². The molecule has 1 aliphatic heterocycles. The lowest BCUT2D eigenvalue weighted by atomic mass is 9.99. The molecule has 0 saturated carbocycles. The second kappa shape index (κ2) is 49.7. The molecule has 0 aromatic rings. The Balaban J connectivity index is 2.75. The lowest BCUT2D eigenvalue weighted by Crippen LogP contribution is -2.61. The molecule has 0 bridgehead atoms. The Labute approximate surface area is 444 Å². The summed E-state index contributed by atoms with van der Waals surface area (Å²) < 4.78 is 17.5. The van der Waals surface area contributed by atoms with Gasteiger partial charge in [0, 0.05) is 6.42 Å². The average molecular weight is 1030 g/mol. The van der Waals surface area contributed by atoms with E-state index in [1.54, 1.807) is 6.08 Å². The highest BCUT2D eigenvalue weighted by Gasteiger charge is 2.47. The molecule has 11 heteroatoms. The molecule has 0 aliphatic carbocycles. The Hall–Kier alpha value is -3.16. The van der Waals surface area contributed by atoms with Crippen LogP contribution in [0.3, 0.4) is 0 Å². The molecule has 420 valence electrons. The lowest BCUT2D eigenvalue weighted by Gasteiger charge is -2.41. The first-order chi connectivity index (χ1) is 35.7. The van der Waals surface area contributed by atoms with Crippen molar-refractivity contribution in [3.8, 4) is 0 Å². The van der Waals surface area contributed by atoms with Gasteiger partial charge in [-0.05, 0) is 103 Å². The number of aliphatic hydroxyl groups is 5. The fourth-order valence-corrected chi connectivity index (χ4v) is 8.54. The number of amides is 1. The van der Waals surface area contributed by atoms with Crippen molar-refractivity contribution in [2.45, 2.75) is 282 Å². The molecule has 8 unspecified atom stereocenters. The first kappa shape index (κ1) is 67.9. The Morgan fingerprint density at radius 2 is 0.945 bits per heavy atom. The highest BCUT2D eigenvalue weighted by molar-refractivity contribution is 5.80. The molecule has 73 heavy (non-hydrogen) atoms. The summed E-state index contributed by atoms with van der Waals surface area (Å²) in [6.45, 7) is 5.68. The van der Waals surface area contributed by atoms with Gasteiger partial charge in [-0.1, -0.05) is 209 Å². The maximum Gasteiger partial charge on any atom is 0.306 e. The van der Waals surface area contributed by atoms with Crippen molar-refractivity contribution < 1.29 is 49.3 Å². The third-order valence-electron chi connectivity index (χ3n) is 13.3. The highest BCUT2D eigenvalue weighted by Crippen LogP contribution is 2.26. The summed E-state index contributed by atoms with van der Waals surface area (Å²) in [6.07, 6.45) is 53.3. The fourth-order valence-electron chi connectivity index (χ4n) is 8.54. The maximum atomic E-state index is 13.4. The molecular weight excluding hydrogens is 919 g/mol. The van der Waals surface area contributed by atoms with Gasteiger partial charge in [0.15, 0.2) is 12.4 Å². The zero-order chi connectivity index (χ0) is 53.3. The summed E-state index contributed by atoms with van der Waals surface area (Å²) in [5.74, 6) is -1.25. The van der Waals surface area contributed by atoms with E-state index in [1.807, 2.05) is 6.08 Å². The molecule has 1 fully saturated rings. The SMILES string of the molecule is CCCCC/C=C\C/C=C\C/C=C\CCCCCCC(=O)OC1C(OCC(NC(=O)C(O)CCCCC/C=C\C/C=C\C/C=C\CCCCC)C(O)/C=C/CCCCCCCCCCC)OC(CO)C(O)C1O. The first-order valence-electron chi connectivity index (χ1n) is 29.4. The van der Waals surface area contributed by atoms with E-state index in [1.165, 1.54) is 77.0 Å². The van der Waals surface area contributed by atoms with Crippen LogP contribution in [0, 0.1) is 0 Å². The van der Waals surface area contributed by atoms with Crippen molar-refractivity contribution >= 4 is 11.9 Å². The second-order valence-corrected chi connectivity index (χ2v) is 20.0. The predicted molar refractivity (Wildman–Crippen MR) is 301 cm³/mol. The molecule has 1 rings (SSSR count). The zero-order valence-corrected chi connectivity index (χ0v) is 46.2. The standard InChI is InChI=1S/C62H107NO10/c1-4-7-10-13-16-19-22-24-26-28-30-32-35-38-41-44-47-50-57(67)73-60-59(69)58(68)56(51-64)72-62(60)71-52-53(54(65)48-45-42-39-36-33-21-18-15-12-9-6-3)63-61(70)55(66)49-46-43-40-37-34-31-29-27-25-23-20-17-14-11-8-5-2/h16-17,19-20,24-27,30-32,34,45,48,53-56,58-60,62,64-66,68-69H,4-15,18,21-23,28-29,33,35-44,46-47,49-52H2,1-3H3,(H,63,70)/b19-16-,20-17-,26-24-,27-25-,32-30-,34-31-,48-45+. The second-order valence-electron chi connectivity index (χ2n) is 20.0. The number of rotatable bonds is 48. The minimum atomic E-state index is -1.63. The smallest absolute Gasteiger partial charge is 0.306 e. The largest absolute Gasteiger partial charge is 0.454 e. The van der Waals surface area contributed by atoms with E-state index in [2.05, 4.69) is 99.0 Å². The van der Waals surface area contributed by atoms with Crippen LogP contribution in [0.1, 0.15) is 233 Å². The number of allylic oxidation sites excluding steroid dienone is 13. The summed E-state index contributed by atoms with van der Waals surface area (Å²) >= 11 is 0. The van der Waals surface area contributed by atoms with Gasteiger partial charge in [0.1, 0.15) is 24.4 Å². The van der Waals surface area contributed by atoms with Crippen LogP contribution in [-0.2, 0) is 23.8 Å². The van der Waals surface area contributed by atoms with Crippen molar-refractivity contribution in [2.24, 2.45) is 0 Å². The van der Waals surface area contributed by atoms with E-state index < -0.39 is 67.4 Å². The lowest BCUT2D eigenvalue weighted by molar-refractivity contribution is -0.305. The monoisotopic (exact) mass is 1030 g/mol. The minimum Gasteiger partial charge on any atom is -0.454 e. The van der Waals surface area contributed by atoms with E-state index in [4.69, 9.17) is 14.2 Å². The summed E-state index contributed by atoms with van der Waals surface area (Å²) in [5.41, 5.74) is 0. The molecule has 6 N–H and O–H groups in total. The summed E-state index contributed by atoms with van der Waals surface area (Å²) in [4.78, 5) is 26.5. The van der Waals surface area contributed by atoms with Crippen LogP contribution in [0.5, 0.6) is 0 Å².